The molecule has 5 nitrogen and oxygen atoms in total. The highest BCUT2D eigenvalue weighted by atomic mass is 32.2. The molecule has 1 aliphatic heterocycles. The lowest BCUT2D eigenvalue weighted by Crippen LogP contribution is -2.46. The fourth-order valence-electron chi connectivity index (χ4n) is 3.57. The summed E-state index contributed by atoms with van der Waals surface area (Å²) in [5.74, 6) is 0.0174. The zero-order chi connectivity index (χ0) is 19.6. The Morgan fingerprint density at radius 3 is 2.30 bits per heavy atom. The number of piperidine rings is 1. The van der Waals surface area contributed by atoms with Crippen molar-refractivity contribution in [3.63, 3.8) is 0 Å². The van der Waals surface area contributed by atoms with Crippen molar-refractivity contribution in [2.75, 3.05) is 13.1 Å². The summed E-state index contributed by atoms with van der Waals surface area (Å²) in [6.07, 6.45) is 1.23. The first-order valence-electron chi connectivity index (χ1n) is 9.22. The molecule has 0 unspecified atom stereocenters. The van der Waals surface area contributed by atoms with Crippen molar-refractivity contribution >= 4 is 15.9 Å². The van der Waals surface area contributed by atoms with Gasteiger partial charge in [-0.25, -0.2) is 13.1 Å². The molecular weight excluding hydrogens is 360 g/mol. The van der Waals surface area contributed by atoms with E-state index in [1.165, 1.54) is 0 Å². The first-order valence-corrected chi connectivity index (χ1v) is 10.7. The Bertz CT molecular complexity index is 946. The molecule has 0 aromatic heterocycles. The highest BCUT2D eigenvalue weighted by Gasteiger charge is 2.28. The fourth-order valence-corrected chi connectivity index (χ4v) is 5.10. The van der Waals surface area contributed by atoms with Crippen LogP contribution in [-0.2, 0) is 10.0 Å². The molecule has 2 aromatic rings. The van der Waals surface area contributed by atoms with Gasteiger partial charge in [-0.3, -0.25) is 4.79 Å². The molecule has 0 spiro atoms. The van der Waals surface area contributed by atoms with Crippen LogP contribution in [0.2, 0.25) is 0 Å². The highest BCUT2D eigenvalue weighted by molar-refractivity contribution is 7.89. The largest absolute Gasteiger partial charge is 0.339 e. The van der Waals surface area contributed by atoms with Gasteiger partial charge in [-0.1, -0.05) is 35.9 Å². The smallest absolute Gasteiger partial charge is 0.254 e. The number of carbonyl (C=O) groups excluding carboxylic acids is 1. The molecule has 0 bridgehead atoms. The zero-order valence-corrected chi connectivity index (χ0v) is 16.8. The molecule has 6 heteroatoms. The lowest BCUT2D eigenvalue weighted by Gasteiger charge is -2.32. The minimum absolute atomic E-state index is 0.0174. The number of likely N-dealkylation sites (tertiary alicyclic amines) is 1. The Labute approximate surface area is 161 Å². The molecule has 3 rings (SSSR count). The van der Waals surface area contributed by atoms with E-state index < -0.39 is 10.0 Å². The number of hydrogen-bond acceptors (Lipinski definition) is 3. The predicted octanol–water partition coefficient (Wildman–Crippen LogP) is 3.19. The van der Waals surface area contributed by atoms with Crippen LogP contribution in [0.3, 0.4) is 0 Å². The molecule has 0 atom stereocenters. The van der Waals surface area contributed by atoms with Gasteiger partial charge in [0, 0.05) is 24.7 Å². The van der Waals surface area contributed by atoms with Crippen LogP contribution < -0.4 is 4.72 Å². The van der Waals surface area contributed by atoms with Gasteiger partial charge in [0.1, 0.15) is 0 Å². The lowest BCUT2D eigenvalue weighted by atomic mass is 10.0. The van der Waals surface area contributed by atoms with E-state index in [1.807, 2.05) is 62.1 Å². The molecule has 1 aliphatic rings. The van der Waals surface area contributed by atoms with Crippen molar-refractivity contribution in [2.45, 2.75) is 44.6 Å². The van der Waals surface area contributed by atoms with E-state index >= 15 is 0 Å². The van der Waals surface area contributed by atoms with Crippen LogP contribution in [0.25, 0.3) is 0 Å². The van der Waals surface area contributed by atoms with Crippen molar-refractivity contribution < 1.29 is 13.2 Å². The van der Waals surface area contributed by atoms with Crippen molar-refractivity contribution in [1.82, 2.24) is 9.62 Å². The fraction of sp³-hybridized carbons (Fsp3) is 0.381. The number of sulfonamides is 1. The first kappa shape index (κ1) is 19.6. The Kier molecular flexibility index (Phi) is 5.67. The van der Waals surface area contributed by atoms with Gasteiger partial charge in [0.2, 0.25) is 10.0 Å². The van der Waals surface area contributed by atoms with Crippen molar-refractivity contribution in [2.24, 2.45) is 0 Å². The minimum Gasteiger partial charge on any atom is -0.339 e. The topological polar surface area (TPSA) is 66.5 Å². The lowest BCUT2D eigenvalue weighted by molar-refractivity contribution is 0.0710. The van der Waals surface area contributed by atoms with E-state index in [9.17, 15) is 13.2 Å². The predicted molar refractivity (Wildman–Crippen MR) is 106 cm³/mol. The second-order valence-electron chi connectivity index (χ2n) is 7.27. The van der Waals surface area contributed by atoms with E-state index in [1.54, 1.807) is 6.07 Å². The van der Waals surface area contributed by atoms with Crippen LogP contribution in [0, 0.1) is 20.8 Å². The van der Waals surface area contributed by atoms with E-state index in [0.717, 1.165) is 16.7 Å². The first-order chi connectivity index (χ1) is 12.8. The summed E-state index contributed by atoms with van der Waals surface area (Å²) in [4.78, 5) is 14.8. The van der Waals surface area contributed by atoms with Gasteiger partial charge < -0.3 is 4.90 Å². The quantitative estimate of drug-likeness (QED) is 0.877. The monoisotopic (exact) mass is 386 g/mol. The number of amides is 1. The molecule has 1 N–H and O–H groups in total. The maximum Gasteiger partial charge on any atom is 0.254 e. The Morgan fingerprint density at radius 2 is 1.67 bits per heavy atom. The summed E-state index contributed by atoms with van der Waals surface area (Å²) in [5.41, 5.74) is 3.45. The van der Waals surface area contributed by atoms with Crippen LogP contribution in [0.15, 0.2) is 47.4 Å². The van der Waals surface area contributed by atoms with Crippen molar-refractivity contribution in [3.8, 4) is 0 Å². The summed E-state index contributed by atoms with van der Waals surface area (Å²) < 4.78 is 28.3. The van der Waals surface area contributed by atoms with Gasteiger partial charge in [-0.2, -0.15) is 0 Å². The molecule has 27 heavy (non-hydrogen) atoms. The molecule has 0 radical (unpaired) electrons. The molecule has 0 saturated carbocycles. The third kappa shape index (κ3) is 4.39. The molecular formula is C21H26N2O3S. The van der Waals surface area contributed by atoms with Crippen LogP contribution in [-0.4, -0.2) is 38.4 Å². The maximum atomic E-state index is 12.7. The number of nitrogens with one attached hydrogen (secondary N) is 1. The van der Waals surface area contributed by atoms with Crippen molar-refractivity contribution in [3.05, 3.63) is 64.7 Å². The molecule has 0 aliphatic carbocycles. The van der Waals surface area contributed by atoms with E-state index in [-0.39, 0.29) is 11.9 Å². The third-order valence-electron chi connectivity index (χ3n) is 5.10. The zero-order valence-electron chi connectivity index (χ0n) is 16.0. The summed E-state index contributed by atoms with van der Waals surface area (Å²) in [5, 5.41) is 0. The van der Waals surface area contributed by atoms with Crippen LogP contribution in [0.5, 0.6) is 0 Å². The number of hydrogen-bond donors (Lipinski definition) is 1. The summed E-state index contributed by atoms with van der Waals surface area (Å²) >= 11 is 0. The van der Waals surface area contributed by atoms with Crippen LogP contribution in [0.4, 0.5) is 0 Å². The van der Waals surface area contributed by atoms with Crippen LogP contribution in [0.1, 0.15) is 39.9 Å². The van der Waals surface area contributed by atoms with Gasteiger partial charge in [0.05, 0.1) is 4.90 Å². The molecule has 1 amide bonds. The Balaban J connectivity index is 1.64. The van der Waals surface area contributed by atoms with Gasteiger partial charge in [-0.15, -0.1) is 0 Å². The van der Waals surface area contributed by atoms with Gasteiger partial charge in [0.25, 0.3) is 5.91 Å². The van der Waals surface area contributed by atoms with Gasteiger partial charge >= 0.3 is 0 Å². The third-order valence-corrected chi connectivity index (χ3v) is 6.78. The van der Waals surface area contributed by atoms with Crippen molar-refractivity contribution in [1.29, 1.82) is 0 Å². The van der Waals surface area contributed by atoms with Gasteiger partial charge in [-0.05, 0) is 56.9 Å². The average molecular weight is 387 g/mol. The maximum absolute atomic E-state index is 12.7. The molecule has 1 heterocycles. The number of rotatable bonds is 4. The Hall–Kier alpha value is -2.18. The standard InChI is InChI=1S/C21H26N2O3S/c1-15-8-9-20(17(3)14-15)27(25,26)22-18-10-12-23(13-11-18)21(24)19-7-5-4-6-16(19)2/h4-9,14,18,22H,10-13H2,1-3H3. The number of carbonyl (C=O) groups is 1. The number of aryl methyl sites for hydroxylation is 3. The van der Waals surface area contributed by atoms with Gasteiger partial charge in [0.15, 0.2) is 0 Å². The average Bonchev–Trinajstić information content (AvgIpc) is 2.61. The van der Waals surface area contributed by atoms with E-state index in [4.69, 9.17) is 0 Å². The highest BCUT2D eigenvalue weighted by Crippen LogP contribution is 2.20. The number of benzene rings is 2. The van der Waals surface area contributed by atoms with Crippen LogP contribution >= 0.6 is 0 Å². The summed E-state index contributed by atoms with van der Waals surface area (Å²) in [6, 6.07) is 12.7. The minimum atomic E-state index is -3.56. The molecule has 1 fully saturated rings. The summed E-state index contributed by atoms with van der Waals surface area (Å²) in [7, 11) is -3.56. The second kappa shape index (κ2) is 7.82. The van der Waals surface area contributed by atoms with E-state index in [2.05, 4.69) is 4.72 Å². The molecule has 1 saturated heterocycles. The number of nitrogens with zero attached hydrogens (tertiary/aromatic N) is 1. The normalized spacial score (nSPS) is 15.7. The molecule has 2 aromatic carbocycles. The second-order valence-corrected chi connectivity index (χ2v) is 8.95. The Morgan fingerprint density at radius 1 is 1.00 bits per heavy atom. The molecule has 144 valence electrons. The summed E-state index contributed by atoms with van der Waals surface area (Å²) in [6.45, 7) is 6.78. The van der Waals surface area contributed by atoms with E-state index in [0.29, 0.717) is 36.4 Å². The SMILES string of the molecule is Cc1ccc(S(=O)(=O)NC2CCN(C(=O)c3ccccc3C)CC2)c(C)c1.